The first kappa shape index (κ1) is 29.3. The maximum Gasteiger partial charge on any atom is 0.418 e. The van der Waals surface area contributed by atoms with Gasteiger partial charge in [0.25, 0.3) is 0 Å². The van der Waals surface area contributed by atoms with Crippen LogP contribution in [-0.2, 0) is 27.1 Å². The van der Waals surface area contributed by atoms with Crippen molar-refractivity contribution in [2.24, 2.45) is 5.92 Å². The van der Waals surface area contributed by atoms with Gasteiger partial charge in [0.2, 0.25) is 17.7 Å². The quantitative estimate of drug-likeness (QED) is 0.197. The zero-order valence-electron chi connectivity index (χ0n) is 21.6. The van der Waals surface area contributed by atoms with E-state index >= 15 is 0 Å². The second-order valence-corrected chi connectivity index (χ2v) is 12.8. The molecule has 1 saturated heterocycles. The van der Waals surface area contributed by atoms with E-state index in [1.165, 1.54) is 24.3 Å². The van der Waals surface area contributed by atoms with Crippen LogP contribution in [0.3, 0.4) is 0 Å². The van der Waals surface area contributed by atoms with Crippen molar-refractivity contribution in [1.82, 2.24) is 4.57 Å². The number of alkyl halides is 3. The van der Waals surface area contributed by atoms with Crippen LogP contribution >= 0.6 is 39.0 Å². The van der Waals surface area contributed by atoms with Gasteiger partial charge in [-0.25, -0.2) is 9.29 Å². The van der Waals surface area contributed by atoms with Crippen LogP contribution in [0.15, 0.2) is 87.1 Å². The predicted molar refractivity (Wildman–Crippen MR) is 157 cm³/mol. The van der Waals surface area contributed by atoms with Gasteiger partial charge in [-0.2, -0.15) is 13.2 Å². The minimum absolute atomic E-state index is 0.199. The number of nitrogens with one attached hydrogen (secondary N) is 1. The summed E-state index contributed by atoms with van der Waals surface area (Å²) in [5.41, 5.74) is -0.640. The van der Waals surface area contributed by atoms with Crippen LogP contribution in [0.4, 0.5) is 28.9 Å². The van der Waals surface area contributed by atoms with Crippen LogP contribution in [0.5, 0.6) is 0 Å². The Bertz CT molecular complexity index is 1820. The topological polar surface area (TPSA) is 88.5 Å². The summed E-state index contributed by atoms with van der Waals surface area (Å²) in [5, 5.41) is 1.55. The summed E-state index contributed by atoms with van der Waals surface area (Å²) in [6.07, 6.45) is -4.71. The molecule has 0 saturated carbocycles. The molecule has 1 fully saturated rings. The molecular formula is C29H18BrF4N3O4S2. The first-order valence-electron chi connectivity index (χ1n) is 12.7. The molecule has 1 N–H and O–H groups in total. The van der Waals surface area contributed by atoms with E-state index in [-0.39, 0.29) is 10.7 Å². The average Bonchev–Trinajstić information content (AvgIpc) is 3.40. The summed E-state index contributed by atoms with van der Waals surface area (Å²) < 4.78 is 55.9. The van der Waals surface area contributed by atoms with Gasteiger partial charge in [-0.1, -0.05) is 63.3 Å². The first-order chi connectivity index (χ1) is 20.4. The molecular weight excluding hydrogens is 674 g/mol. The second kappa shape index (κ2) is 11.1. The molecule has 43 heavy (non-hydrogen) atoms. The molecule has 1 aromatic heterocycles. The van der Waals surface area contributed by atoms with Crippen LogP contribution < -0.4 is 15.1 Å². The Hall–Kier alpha value is -3.75. The van der Waals surface area contributed by atoms with Gasteiger partial charge in [0.15, 0.2) is 0 Å². The summed E-state index contributed by atoms with van der Waals surface area (Å²) in [6, 6.07) is 16.5. The first-order valence-corrected chi connectivity index (χ1v) is 15.2. The largest absolute Gasteiger partial charge is 0.418 e. The van der Waals surface area contributed by atoms with E-state index in [0.717, 1.165) is 61.3 Å². The number of hydrogen-bond acceptors (Lipinski definition) is 6. The monoisotopic (exact) mass is 691 g/mol. The van der Waals surface area contributed by atoms with Crippen molar-refractivity contribution >= 4 is 68.1 Å². The molecule has 6 rings (SSSR count). The fraction of sp³-hybridized carbons (Fsp3) is 0.172. The zero-order chi connectivity index (χ0) is 30.6. The van der Waals surface area contributed by atoms with Crippen molar-refractivity contribution < 1.29 is 31.9 Å². The van der Waals surface area contributed by atoms with Gasteiger partial charge >= 0.3 is 11.0 Å². The Morgan fingerprint density at radius 3 is 2.28 bits per heavy atom. The van der Waals surface area contributed by atoms with Crippen molar-refractivity contribution in [2.45, 2.75) is 28.9 Å². The molecule has 0 unspecified atom stereocenters. The number of thiazole rings is 1. The third-order valence-electron chi connectivity index (χ3n) is 7.17. The maximum atomic E-state index is 13.8. The van der Waals surface area contributed by atoms with Gasteiger partial charge in [-0.05, 0) is 54.1 Å². The van der Waals surface area contributed by atoms with E-state index in [0.29, 0.717) is 10.4 Å². The molecule has 0 radical (unpaired) electrons. The number of halogens is 5. The van der Waals surface area contributed by atoms with Crippen molar-refractivity contribution in [1.29, 1.82) is 0 Å². The standard InChI is InChI=1S/C29H18BrF4N3O4S2/c30-15-7-5-14(6-8-15)21-22-23(26(40)37(25(22)39)17-11-9-16(31)10-12-17)42-27-24(21)43-28(41)36(27)13-20(38)35-19-4-2-1-3-18(19)29(32,33)34/h1-12,21-23H,13H2,(H,35,38)/t21-,22-,23+/m0/s1. The summed E-state index contributed by atoms with van der Waals surface area (Å²) in [6.45, 7) is -0.613. The predicted octanol–water partition coefficient (Wildman–Crippen LogP) is 6.26. The molecule has 0 bridgehead atoms. The molecule has 3 amide bonds. The van der Waals surface area contributed by atoms with Gasteiger partial charge < -0.3 is 5.32 Å². The lowest BCUT2D eigenvalue weighted by Gasteiger charge is -2.30. The summed E-state index contributed by atoms with van der Waals surface area (Å²) >= 11 is 5.16. The van der Waals surface area contributed by atoms with E-state index in [1.54, 1.807) is 24.3 Å². The van der Waals surface area contributed by atoms with E-state index in [9.17, 15) is 36.7 Å². The highest BCUT2D eigenvalue weighted by Gasteiger charge is 2.56. The smallest absolute Gasteiger partial charge is 0.324 e. The van der Waals surface area contributed by atoms with Crippen molar-refractivity contribution in [3.05, 3.63) is 109 Å². The zero-order valence-corrected chi connectivity index (χ0v) is 24.8. The Balaban J connectivity index is 1.39. The molecule has 0 aliphatic carbocycles. The molecule has 2 aliphatic heterocycles. The molecule has 0 spiro atoms. The van der Waals surface area contributed by atoms with E-state index in [2.05, 4.69) is 21.2 Å². The molecule has 220 valence electrons. The number of anilines is 2. The minimum atomic E-state index is -4.71. The van der Waals surface area contributed by atoms with Crippen LogP contribution in [0.25, 0.3) is 0 Å². The Labute approximate surface area is 257 Å². The third kappa shape index (κ3) is 5.31. The van der Waals surface area contributed by atoms with Gasteiger partial charge in [0.1, 0.15) is 17.6 Å². The Morgan fingerprint density at radius 2 is 1.60 bits per heavy atom. The Kier molecular flexibility index (Phi) is 7.55. The number of fused-ring (bicyclic) bond motifs is 2. The number of amides is 3. The fourth-order valence-corrected chi connectivity index (χ4v) is 8.34. The molecule has 2 aliphatic rings. The number of imide groups is 1. The SMILES string of the molecule is O=C(Cn1c2c(sc1=O)[C@@H](c1ccc(Br)cc1)[C@@H]1C(=O)N(c3ccc(F)cc3)C(=O)[C@@H]1S2)Nc1ccccc1C(F)(F)F. The molecule has 3 atom stereocenters. The van der Waals surface area contributed by atoms with Gasteiger partial charge in [0.05, 0.1) is 27.9 Å². The lowest BCUT2D eigenvalue weighted by Crippen LogP contribution is -2.33. The van der Waals surface area contributed by atoms with E-state index in [1.807, 2.05) is 0 Å². The number of aromatic nitrogens is 1. The van der Waals surface area contributed by atoms with Crippen LogP contribution in [-0.4, -0.2) is 27.5 Å². The third-order valence-corrected chi connectivity index (χ3v) is 10.3. The number of benzene rings is 3. The summed E-state index contributed by atoms with van der Waals surface area (Å²) in [7, 11) is 0. The van der Waals surface area contributed by atoms with E-state index < -0.39 is 69.5 Å². The Morgan fingerprint density at radius 1 is 0.930 bits per heavy atom. The lowest BCUT2D eigenvalue weighted by atomic mass is 9.83. The number of nitrogens with zero attached hydrogens (tertiary/aromatic N) is 2. The highest BCUT2D eigenvalue weighted by Crippen LogP contribution is 2.54. The number of carbonyl (C=O) groups excluding carboxylic acids is 3. The average molecular weight is 693 g/mol. The van der Waals surface area contributed by atoms with Crippen molar-refractivity contribution in [3.63, 3.8) is 0 Å². The van der Waals surface area contributed by atoms with Crippen molar-refractivity contribution in [2.75, 3.05) is 10.2 Å². The molecule has 4 aromatic rings. The van der Waals surface area contributed by atoms with Crippen molar-refractivity contribution in [3.8, 4) is 0 Å². The second-order valence-electron chi connectivity index (χ2n) is 9.80. The van der Waals surface area contributed by atoms with Gasteiger partial charge in [0, 0.05) is 15.3 Å². The maximum absolute atomic E-state index is 13.8. The molecule has 14 heteroatoms. The molecule has 3 heterocycles. The highest BCUT2D eigenvalue weighted by atomic mass is 79.9. The number of carbonyl (C=O) groups is 3. The summed E-state index contributed by atoms with van der Waals surface area (Å²) in [4.78, 5) is 54.7. The van der Waals surface area contributed by atoms with Gasteiger partial charge in [-0.3, -0.25) is 23.7 Å². The van der Waals surface area contributed by atoms with E-state index in [4.69, 9.17) is 0 Å². The number of hydrogen-bond donors (Lipinski definition) is 1. The van der Waals surface area contributed by atoms with Crippen LogP contribution in [0.1, 0.15) is 21.9 Å². The highest BCUT2D eigenvalue weighted by molar-refractivity contribution is 9.10. The fourth-order valence-electron chi connectivity index (χ4n) is 5.30. The van der Waals surface area contributed by atoms with Crippen LogP contribution in [0.2, 0.25) is 0 Å². The molecule has 7 nitrogen and oxygen atoms in total. The number of rotatable bonds is 5. The van der Waals surface area contributed by atoms with Gasteiger partial charge in [-0.15, -0.1) is 0 Å². The minimum Gasteiger partial charge on any atom is -0.324 e. The molecule has 3 aromatic carbocycles. The normalized spacial score (nSPS) is 19.7. The number of thioether (sulfide) groups is 1. The number of para-hydroxylation sites is 1. The lowest BCUT2D eigenvalue weighted by molar-refractivity contribution is -0.137. The summed E-state index contributed by atoms with van der Waals surface area (Å²) in [5.74, 6) is -4.12. The van der Waals surface area contributed by atoms with Crippen LogP contribution in [0, 0.1) is 11.7 Å².